The molecular weight excluding hydrogens is 316 g/mol. The number of carbonyl (C=O) groups is 1. The van der Waals surface area contributed by atoms with Gasteiger partial charge in [0, 0.05) is 23.5 Å². The summed E-state index contributed by atoms with van der Waals surface area (Å²) in [5, 5.41) is 5.92. The number of aromatic nitrogens is 3. The van der Waals surface area contributed by atoms with Gasteiger partial charge in [0.1, 0.15) is 0 Å². The third kappa shape index (κ3) is 2.49. The molecule has 0 aliphatic rings. The van der Waals surface area contributed by atoms with Crippen LogP contribution in [0.2, 0.25) is 0 Å². The quantitative estimate of drug-likeness (QED) is 0.626. The molecule has 1 amide bonds. The second kappa shape index (κ2) is 5.19. The minimum atomic E-state index is -0.0636. The molecule has 110 valence electrons. The summed E-state index contributed by atoms with van der Waals surface area (Å²) in [7, 11) is 0. The first-order valence-electron chi connectivity index (χ1n) is 6.75. The monoisotopic (exact) mass is 328 g/mol. The number of benzene rings is 1. The van der Waals surface area contributed by atoms with Crippen LogP contribution in [0.1, 0.15) is 10.7 Å². The maximum atomic E-state index is 12.2. The molecule has 0 radical (unpaired) electrons. The van der Waals surface area contributed by atoms with Gasteiger partial charge in [-0.05, 0) is 25.1 Å². The number of hydrogen-bond donors (Lipinski definition) is 1. The third-order valence-corrected chi connectivity index (χ3v) is 4.97. The second-order valence-electron chi connectivity index (χ2n) is 4.97. The molecule has 22 heavy (non-hydrogen) atoms. The van der Waals surface area contributed by atoms with E-state index in [1.165, 1.54) is 0 Å². The van der Waals surface area contributed by atoms with Crippen LogP contribution in [0.15, 0.2) is 36.0 Å². The van der Waals surface area contributed by atoms with E-state index in [0.29, 0.717) is 0 Å². The zero-order valence-electron chi connectivity index (χ0n) is 11.7. The number of nitrogens with zero attached hydrogens (tertiary/aromatic N) is 3. The first-order valence-corrected chi connectivity index (χ1v) is 8.45. The van der Waals surface area contributed by atoms with Crippen LogP contribution in [0.4, 0.5) is 5.69 Å². The maximum Gasteiger partial charge on any atom is 0.230 e. The van der Waals surface area contributed by atoms with Crippen molar-refractivity contribution in [2.24, 2.45) is 0 Å². The molecule has 0 atom stereocenters. The van der Waals surface area contributed by atoms with Crippen molar-refractivity contribution >= 4 is 49.4 Å². The fourth-order valence-electron chi connectivity index (χ4n) is 2.35. The van der Waals surface area contributed by atoms with E-state index in [1.54, 1.807) is 22.7 Å². The van der Waals surface area contributed by atoms with Gasteiger partial charge in [0.15, 0.2) is 4.96 Å². The fourth-order valence-corrected chi connectivity index (χ4v) is 3.93. The fraction of sp³-hybridized carbons (Fsp3) is 0.133. The zero-order valence-corrected chi connectivity index (χ0v) is 13.4. The maximum absolute atomic E-state index is 12.2. The Morgan fingerprint density at radius 2 is 2.27 bits per heavy atom. The number of aryl methyl sites for hydroxylation is 1. The molecule has 7 heteroatoms. The van der Waals surface area contributed by atoms with Crippen molar-refractivity contribution in [2.45, 2.75) is 13.3 Å². The first-order chi connectivity index (χ1) is 10.7. The summed E-state index contributed by atoms with van der Waals surface area (Å²) in [6.07, 6.45) is 4.10. The predicted molar refractivity (Wildman–Crippen MR) is 89.8 cm³/mol. The molecule has 0 aliphatic carbocycles. The van der Waals surface area contributed by atoms with Crippen molar-refractivity contribution < 1.29 is 4.79 Å². The first kappa shape index (κ1) is 13.4. The highest BCUT2D eigenvalue weighted by Crippen LogP contribution is 2.24. The molecule has 3 heterocycles. The Kier molecular flexibility index (Phi) is 3.16. The highest BCUT2D eigenvalue weighted by molar-refractivity contribution is 7.18. The summed E-state index contributed by atoms with van der Waals surface area (Å²) in [6.45, 7) is 1.98. The molecule has 1 aromatic carbocycles. The molecule has 0 aliphatic heterocycles. The Bertz CT molecular complexity index is 953. The summed E-state index contributed by atoms with van der Waals surface area (Å²) in [4.78, 5) is 21.9. The van der Waals surface area contributed by atoms with E-state index in [1.807, 2.05) is 47.3 Å². The van der Waals surface area contributed by atoms with E-state index in [0.717, 1.165) is 31.6 Å². The molecule has 0 saturated heterocycles. The number of rotatable bonds is 3. The van der Waals surface area contributed by atoms with E-state index in [2.05, 4.69) is 15.3 Å². The van der Waals surface area contributed by atoms with Crippen molar-refractivity contribution in [3.05, 3.63) is 46.7 Å². The number of thiazole rings is 2. The summed E-state index contributed by atoms with van der Waals surface area (Å²) >= 11 is 3.18. The third-order valence-electron chi connectivity index (χ3n) is 3.26. The number of amides is 1. The Morgan fingerprint density at radius 1 is 1.36 bits per heavy atom. The van der Waals surface area contributed by atoms with Gasteiger partial charge in [-0.25, -0.2) is 9.97 Å². The number of fused-ring (bicyclic) bond motifs is 2. The van der Waals surface area contributed by atoms with E-state index >= 15 is 0 Å². The molecule has 5 nitrogen and oxygen atoms in total. The number of carbonyl (C=O) groups excluding carboxylic acids is 1. The summed E-state index contributed by atoms with van der Waals surface area (Å²) in [6, 6.07) is 5.77. The van der Waals surface area contributed by atoms with Crippen LogP contribution < -0.4 is 5.32 Å². The van der Waals surface area contributed by atoms with Gasteiger partial charge in [-0.15, -0.1) is 22.7 Å². The molecule has 3 aromatic heterocycles. The van der Waals surface area contributed by atoms with Gasteiger partial charge in [0.25, 0.3) is 0 Å². The van der Waals surface area contributed by atoms with E-state index in [4.69, 9.17) is 0 Å². The average Bonchev–Trinajstić information content (AvgIpc) is 3.11. The minimum absolute atomic E-state index is 0.0636. The van der Waals surface area contributed by atoms with Crippen LogP contribution in [0.5, 0.6) is 0 Å². The largest absolute Gasteiger partial charge is 0.326 e. The molecular formula is C15H12N4OS2. The molecule has 0 fully saturated rings. The second-order valence-corrected chi connectivity index (χ2v) is 7.07. The number of nitrogens with one attached hydrogen (secondary N) is 1. The van der Waals surface area contributed by atoms with Gasteiger partial charge in [-0.3, -0.25) is 9.20 Å². The standard InChI is InChI=1S/C15H12N4OS2/c1-9-16-12-3-2-10(6-13(12)22-9)17-14(20)7-11-8-19-4-5-21-15(19)18-11/h2-6,8H,7H2,1H3,(H,17,20). The lowest BCUT2D eigenvalue weighted by Gasteiger charge is -2.03. The molecule has 0 spiro atoms. The van der Waals surface area contributed by atoms with Crippen LogP contribution in [0.25, 0.3) is 15.2 Å². The highest BCUT2D eigenvalue weighted by atomic mass is 32.1. The Morgan fingerprint density at radius 3 is 3.14 bits per heavy atom. The van der Waals surface area contributed by atoms with E-state index in [9.17, 15) is 4.79 Å². The molecule has 1 N–H and O–H groups in total. The topological polar surface area (TPSA) is 59.3 Å². The van der Waals surface area contributed by atoms with Crippen LogP contribution in [-0.2, 0) is 11.2 Å². The van der Waals surface area contributed by atoms with E-state index < -0.39 is 0 Å². The van der Waals surface area contributed by atoms with Crippen LogP contribution in [0.3, 0.4) is 0 Å². The molecule has 0 saturated carbocycles. The molecule has 4 aromatic rings. The van der Waals surface area contributed by atoms with Gasteiger partial charge in [-0.2, -0.15) is 0 Å². The van der Waals surface area contributed by atoms with Crippen LogP contribution in [0, 0.1) is 6.92 Å². The van der Waals surface area contributed by atoms with Gasteiger partial charge >= 0.3 is 0 Å². The highest BCUT2D eigenvalue weighted by Gasteiger charge is 2.09. The van der Waals surface area contributed by atoms with Crippen molar-refractivity contribution in [1.29, 1.82) is 0 Å². The zero-order chi connectivity index (χ0) is 15.1. The minimum Gasteiger partial charge on any atom is -0.326 e. The lowest BCUT2D eigenvalue weighted by Crippen LogP contribution is -2.14. The average molecular weight is 328 g/mol. The molecule has 4 rings (SSSR count). The Balaban J connectivity index is 1.51. The lowest BCUT2D eigenvalue weighted by molar-refractivity contribution is -0.115. The lowest BCUT2D eigenvalue weighted by atomic mass is 10.2. The normalized spacial score (nSPS) is 11.3. The smallest absolute Gasteiger partial charge is 0.230 e. The van der Waals surface area contributed by atoms with Crippen LogP contribution in [-0.4, -0.2) is 20.3 Å². The number of hydrogen-bond acceptors (Lipinski definition) is 5. The van der Waals surface area contributed by atoms with Crippen molar-refractivity contribution in [3.8, 4) is 0 Å². The Hall–Kier alpha value is -2.25. The van der Waals surface area contributed by atoms with Gasteiger partial charge in [-0.1, -0.05) is 0 Å². The molecule has 0 bridgehead atoms. The number of anilines is 1. The predicted octanol–water partition coefficient (Wildman–Crippen LogP) is 3.50. The Labute approximate surface area is 134 Å². The SMILES string of the molecule is Cc1nc2ccc(NC(=O)Cc3cn4ccsc4n3)cc2s1. The summed E-state index contributed by atoms with van der Waals surface area (Å²) in [5.74, 6) is -0.0636. The van der Waals surface area contributed by atoms with Gasteiger partial charge in [0.05, 0.1) is 27.3 Å². The molecule has 0 unspecified atom stereocenters. The van der Waals surface area contributed by atoms with Gasteiger partial charge in [0.2, 0.25) is 5.91 Å². The number of imidazole rings is 1. The van der Waals surface area contributed by atoms with E-state index in [-0.39, 0.29) is 12.3 Å². The van der Waals surface area contributed by atoms with Crippen molar-refractivity contribution in [2.75, 3.05) is 5.32 Å². The summed E-state index contributed by atoms with van der Waals surface area (Å²) < 4.78 is 3.01. The van der Waals surface area contributed by atoms with Crippen LogP contribution >= 0.6 is 22.7 Å². The van der Waals surface area contributed by atoms with Crippen molar-refractivity contribution in [3.63, 3.8) is 0 Å². The van der Waals surface area contributed by atoms with Gasteiger partial charge < -0.3 is 5.32 Å². The van der Waals surface area contributed by atoms with Crippen molar-refractivity contribution in [1.82, 2.24) is 14.4 Å². The summed E-state index contributed by atoms with van der Waals surface area (Å²) in [5.41, 5.74) is 2.54.